The molecule has 2 aromatic carbocycles. The van der Waals surface area contributed by atoms with E-state index in [1.165, 1.54) is 20.9 Å². The highest BCUT2D eigenvalue weighted by Crippen LogP contribution is 2.44. The van der Waals surface area contributed by atoms with Gasteiger partial charge in [-0.25, -0.2) is 0 Å². The largest absolute Gasteiger partial charge is 0.292 e. The summed E-state index contributed by atoms with van der Waals surface area (Å²) in [5.41, 5.74) is 2.50. The average Bonchev–Trinajstić information content (AvgIpc) is 2.78. The molecule has 4 nitrogen and oxygen atoms in total. The molecule has 0 bridgehead atoms. The molecule has 0 spiro atoms. The van der Waals surface area contributed by atoms with Gasteiger partial charge in [-0.3, -0.25) is 9.91 Å². The van der Waals surface area contributed by atoms with Crippen LogP contribution in [-0.2, 0) is 6.42 Å². The number of piperazine rings is 1. The third-order valence-electron chi connectivity index (χ3n) is 4.83. The van der Waals surface area contributed by atoms with Gasteiger partial charge in [-0.2, -0.15) is 0 Å². The Kier molecular flexibility index (Phi) is 4.91. The van der Waals surface area contributed by atoms with Crippen molar-refractivity contribution in [2.24, 2.45) is 5.29 Å². The van der Waals surface area contributed by atoms with E-state index < -0.39 is 0 Å². The zero-order chi connectivity index (χ0) is 17.4. The topological polar surface area (TPSA) is 35.9 Å². The second-order valence-electron chi connectivity index (χ2n) is 6.33. The second-order valence-corrected chi connectivity index (χ2v) is 8.28. The highest BCUT2D eigenvalue weighted by Gasteiger charge is 2.30. The van der Waals surface area contributed by atoms with Crippen LogP contribution >= 0.6 is 35.0 Å². The average molecular weight is 394 g/mol. The predicted octanol–water partition coefficient (Wildman–Crippen LogP) is 5.04. The molecule has 2 aliphatic heterocycles. The van der Waals surface area contributed by atoms with E-state index >= 15 is 0 Å². The summed E-state index contributed by atoms with van der Waals surface area (Å²) in [6.45, 7) is 2.93. The third-order valence-corrected chi connectivity index (χ3v) is 6.51. The highest BCUT2D eigenvalue weighted by molar-refractivity contribution is 7.99. The van der Waals surface area contributed by atoms with Crippen molar-refractivity contribution in [1.82, 2.24) is 9.91 Å². The zero-order valence-corrected chi connectivity index (χ0v) is 15.8. The van der Waals surface area contributed by atoms with Crippen LogP contribution in [0.15, 0.2) is 51.5 Å². The van der Waals surface area contributed by atoms with Crippen LogP contribution in [0.25, 0.3) is 0 Å². The first-order chi connectivity index (χ1) is 12.1. The number of fused-ring (bicyclic) bond motifs is 2. The normalized spacial score (nSPS) is 20.6. The van der Waals surface area contributed by atoms with Gasteiger partial charge in [0.05, 0.1) is 18.4 Å². The van der Waals surface area contributed by atoms with Crippen molar-refractivity contribution in [3.8, 4) is 0 Å². The first-order valence-electron chi connectivity index (χ1n) is 8.22. The number of hydrogen-bond donors (Lipinski definition) is 0. The molecular formula is C18H17Cl2N3OS. The van der Waals surface area contributed by atoms with E-state index in [1.807, 2.05) is 12.1 Å². The Balaban J connectivity index is 1.73. The minimum Gasteiger partial charge on any atom is -0.292 e. The van der Waals surface area contributed by atoms with Gasteiger partial charge >= 0.3 is 0 Å². The smallest absolute Gasteiger partial charge is 0.0524 e. The standard InChI is InChI=1S/C18H17Cl2N3OS/c19-13-1-3-17-12(9-13)10-16(22-5-7-23(21-24)8-6-22)15-11-14(20)2-4-18(15)25-17/h1-4,9,11,16H,5-8,10H2/t16-/m1/s1. The van der Waals surface area contributed by atoms with Gasteiger partial charge in [0.2, 0.25) is 0 Å². The molecule has 0 saturated carbocycles. The van der Waals surface area contributed by atoms with Gasteiger partial charge in [0.25, 0.3) is 0 Å². The van der Waals surface area contributed by atoms with E-state index in [4.69, 9.17) is 23.2 Å². The predicted molar refractivity (Wildman–Crippen MR) is 102 cm³/mol. The SMILES string of the molecule is O=NN1CCN([C@@H]2Cc3cc(Cl)ccc3Sc3ccc(Cl)cc32)CC1. The molecule has 2 aliphatic rings. The molecule has 25 heavy (non-hydrogen) atoms. The molecule has 4 rings (SSSR count). The highest BCUT2D eigenvalue weighted by atomic mass is 35.5. The Bertz CT molecular complexity index is 809. The Labute approximate surface area is 161 Å². The number of rotatable bonds is 2. The van der Waals surface area contributed by atoms with E-state index in [0.29, 0.717) is 13.1 Å². The summed E-state index contributed by atoms with van der Waals surface area (Å²) in [6.07, 6.45) is 0.880. The number of halogens is 2. The van der Waals surface area contributed by atoms with Gasteiger partial charge in [-0.1, -0.05) is 35.0 Å². The van der Waals surface area contributed by atoms with Gasteiger partial charge in [-0.05, 0) is 53.9 Å². The maximum absolute atomic E-state index is 10.8. The lowest BCUT2D eigenvalue weighted by atomic mass is 9.96. The minimum absolute atomic E-state index is 0.217. The van der Waals surface area contributed by atoms with Crippen molar-refractivity contribution < 1.29 is 0 Å². The lowest BCUT2D eigenvalue weighted by Crippen LogP contribution is -2.46. The Morgan fingerprint density at radius 2 is 1.64 bits per heavy atom. The van der Waals surface area contributed by atoms with Gasteiger partial charge in [0.1, 0.15) is 0 Å². The summed E-state index contributed by atoms with van der Waals surface area (Å²) in [6, 6.07) is 12.4. The molecule has 0 radical (unpaired) electrons. The Morgan fingerprint density at radius 1 is 0.960 bits per heavy atom. The fraction of sp³-hybridized carbons (Fsp3) is 0.333. The lowest BCUT2D eigenvalue weighted by Gasteiger charge is -2.37. The molecule has 130 valence electrons. The summed E-state index contributed by atoms with van der Waals surface area (Å²) in [5.74, 6) is 0. The van der Waals surface area contributed by atoms with Crippen molar-refractivity contribution in [3.63, 3.8) is 0 Å². The van der Waals surface area contributed by atoms with Crippen LogP contribution in [-0.4, -0.2) is 36.1 Å². The molecule has 0 aliphatic carbocycles. The molecule has 0 N–H and O–H groups in total. The second kappa shape index (κ2) is 7.16. The molecule has 2 heterocycles. The summed E-state index contributed by atoms with van der Waals surface area (Å²) in [5, 5.41) is 6.17. The van der Waals surface area contributed by atoms with Crippen molar-refractivity contribution in [2.45, 2.75) is 22.3 Å². The van der Waals surface area contributed by atoms with Gasteiger partial charge < -0.3 is 0 Å². The lowest BCUT2D eigenvalue weighted by molar-refractivity contribution is 0.0954. The Hall–Kier alpha value is -1.27. The minimum atomic E-state index is 0.217. The van der Waals surface area contributed by atoms with Crippen LogP contribution in [0.4, 0.5) is 0 Å². The quantitative estimate of drug-likeness (QED) is 0.669. The van der Waals surface area contributed by atoms with Crippen LogP contribution < -0.4 is 0 Å². The summed E-state index contributed by atoms with van der Waals surface area (Å²) < 4.78 is 0. The van der Waals surface area contributed by atoms with Crippen molar-refractivity contribution in [1.29, 1.82) is 0 Å². The van der Waals surface area contributed by atoms with Crippen LogP contribution in [0.1, 0.15) is 17.2 Å². The molecule has 0 aromatic heterocycles. The van der Waals surface area contributed by atoms with E-state index in [0.717, 1.165) is 29.6 Å². The van der Waals surface area contributed by atoms with E-state index in [1.54, 1.807) is 16.8 Å². The number of nitroso groups, excluding NO2 is 1. The summed E-state index contributed by atoms with van der Waals surface area (Å²) in [7, 11) is 0. The zero-order valence-electron chi connectivity index (χ0n) is 13.5. The molecule has 0 amide bonds. The van der Waals surface area contributed by atoms with Crippen molar-refractivity contribution >= 4 is 35.0 Å². The van der Waals surface area contributed by atoms with Crippen molar-refractivity contribution in [3.05, 3.63) is 62.5 Å². The molecule has 1 atom stereocenters. The molecule has 7 heteroatoms. The third kappa shape index (κ3) is 3.51. The monoisotopic (exact) mass is 393 g/mol. The van der Waals surface area contributed by atoms with E-state index in [2.05, 4.69) is 34.5 Å². The van der Waals surface area contributed by atoms with Crippen LogP contribution in [0, 0.1) is 4.91 Å². The first-order valence-corrected chi connectivity index (χ1v) is 9.79. The van der Waals surface area contributed by atoms with Crippen LogP contribution in [0.2, 0.25) is 10.0 Å². The molecule has 1 fully saturated rings. The van der Waals surface area contributed by atoms with Gasteiger partial charge in [-0.15, -0.1) is 4.91 Å². The molecular weight excluding hydrogens is 377 g/mol. The van der Waals surface area contributed by atoms with Crippen molar-refractivity contribution in [2.75, 3.05) is 26.2 Å². The molecule has 2 aromatic rings. The maximum Gasteiger partial charge on any atom is 0.0524 e. The van der Waals surface area contributed by atoms with Gasteiger partial charge in [0, 0.05) is 39.0 Å². The maximum atomic E-state index is 10.8. The van der Waals surface area contributed by atoms with Crippen LogP contribution in [0.5, 0.6) is 0 Å². The van der Waals surface area contributed by atoms with E-state index in [-0.39, 0.29) is 6.04 Å². The number of benzene rings is 2. The van der Waals surface area contributed by atoms with E-state index in [9.17, 15) is 4.91 Å². The number of hydrogen-bond acceptors (Lipinski definition) is 4. The number of nitrogens with zero attached hydrogens (tertiary/aromatic N) is 3. The fourth-order valence-corrected chi connectivity index (χ4v) is 5.02. The van der Waals surface area contributed by atoms with Crippen LogP contribution in [0.3, 0.4) is 0 Å². The summed E-state index contributed by atoms with van der Waals surface area (Å²) >= 11 is 14.3. The Morgan fingerprint density at radius 3 is 2.36 bits per heavy atom. The first kappa shape index (κ1) is 17.2. The van der Waals surface area contributed by atoms with Gasteiger partial charge in [0.15, 0.2) is 0 Å². The fourth-order valence-electron chi connectivity index (χ4n) is 3.55. The molecule has 0 unspecified atom stereocenters. The summed E-state index contributed by atoms with van der Waals surface area (Å²) in [4.78, 5) is 15.7. The molecule has 1 saturated heterocycles.